The first kappa shape index (κ1) is 22.1. The van der Waals surface area contributed by atoms with Crippen molar-refractivity contribution in [2.45, 2.75) is 83.3 Å². The molecular formula is C25H35F3O2. The molecule has 5 heteroatoms. The van der Waals surface area contributed by atoms with Crippen LogP contribution in [0.4, 0.5) is 13.2 Å². The molecule has 0 radical (unpaired) electrons. The van der Waals surface area contributed by atoms with Gasteiger partial charge in [0.15, 0.2) is 23.7 Å². The van der Waals surface area contributed by atoms with E-state index in [1.54, 1.807) is 0 Å². The third-order valence-corrected chi connectivity index (χ3v) is 7.61. The van der Waals surface area contributed by atoms with Crippen molar-refractivity contribution >= 4 is 0 Å². The van der Waals surface area contributed by atoms with E-state index < -0.39 is 17.5 Å². The van der Waals surface area contributed by atoms with Crippen LogP contribution in [0.5, 0.6) is 0 Å². The zero-order valence-corrected chi connectivity index (χ0v) is 17.9. The highest BCUT2D eigenvalue weighted by molar-refractivity contribution is 5.19. The summed E-state index contributed by atoms with van der Waals surface area (Å²) < 4.78 is 52.1. The summed E-state index contributed by atoms with van der Waals surface area (Å²) >= 11 is 0. The molecule has 3 aliphatic rings. The van der Waals surface area contributed by atoms with E-state index in [1.165, 1.54) is 38.5 Å². The molecule has 0 spiro atoms. The highest BCUT2D eigenvalue weighted by atomic mass is 19.2. The van der Waals surface area contributed by atoms with Gasteiger partial charge in [-0.2, -0.15) is 0 Å². The van der Waals surface area contributed by atoms with E-state index in [9.17, 15) is 13.2 Å². The number of ether oxygens (including phenoxy) is 2. The molecule has 0 atom stereocenters. The Bertz CT molecular complexity index is 650. The molecule has 2 saturated carbocycles. The van der Waals surface area contributed by atoms with E-state index in [0.29, 0.717) is 29.7 Å². The fourth-order valence-corrected chi connectivity index (χ4v) is 5.64. The predicted molar refractivity (Wildman–Crippen MR) is 110 cm³/mol. The van der Waals surface area contributed by atoms with Gasteiger partial charge in [-0.1, -0.05) is 32.1 Å². The Morgan fingerprint density at radius 2 is 1.27 bits per heavy atom. The molecule has 30 heavy (non-hydrogen) atoms. The van der Waals surface area contributed by atoms with E-state index in [1.807, 2.05) is 0 Å². The van der Waals surface area contributed by atoms with Crippen LogP contribution in [0.1, 0.15) is 76.2 Å². The van der Waals surface area contributed by atoms with E-state index in [0.717, 1.165) is 63.4 Å². The smallest absolute Gasteiger partial charge is 0.194 e. The molecular weight excluding hydrogens is 389 g/mol. The highest BCUT2D eigenvalue weighted by Gasteiger charge is 2.32. The topological polar surface area (TPSA) is 18.5 Å². The summed E-state index contributed by atoms with van der Waals surface area (Å²) in [5.74, 6) is -1.09. The average Bonchev–Trinajstić information content (AvgIpc) is 3.29. The van der Waals surface area contributed by atoms with Crippen LogP contribution in [0.15, 0.2) is 12.1 Å². The molecule has 0 amide bonds. The van der Waals surface area contributed by atoms with Crippen LogP contribution >= 0.6 is 0 Å². The molecule has 0 aromatic heterocycles. The van der Waals surface area contributed by atoms with Gasteiger partial charge in [-0.25, -0.2) is 13.2 Å². The molecule has 1 saturated heterocycles. The molecule has 168 valence electrons. The normalized spacial score (nSPS) is 30.6. The van der Waals surface area contributed by atoms with Gasteiger partial charge in [-0.05, 0) is 74.5 Å². The molecule has 1 heterocycles. The van der Waals surface area contributed by atoms with Crippen molar-refractivity contribution in [3.05, 3.63) is 35.1 Å². The third kappa shape index (κ3) is 5.79. The highest BCUT2D eigenvalue weighted by Crippen LogP contribution is 2.37. The summed E-state index contributed by atoms with van der Waals surface area (Å²) in [6.45, 7) is 1.66. The zero-order chi connectivity index (χ0) is 20.9. The van der Waals surface area contributed by atoms with Gasteiger partial charge in [-0.15, -0.1) is 0 Å². The maximum absolute atomic E-state index is 13.4. The van der Waals surface area contributed by atoms with Gasteiger partial charge >= 0.3 is 0 Å². The first-order valence-electron chi connectivity index (χ1n) is 11.9. The van der Waals surface area contributed by atoms with Crippen molar-refractivity contribution in [1.29, 1.82) is 0 Å². The number of aryl methyl sites for hydroxylation is 1. The molecule has 2 aliphatic carbocycles. The second kappa shape index (κ2) is 10.5. The summed E-state index contributed by atoms with van der Waals surface area (Å²) in [5.41, 5.74) is 0.538. The van der Waals surface area contributed by atoms with Crippen LogP contribution in [0, 0.1) is 41.1 Å². The minimum atomic E-state index is -1.38. The zero-order valence-electron chi connectivity index (χ0n) is 17.9. The molecule has 0 N–H and O–H groups in total. The maximum atomic E-state index is 13.4. The minimum Gasteiger partial charge on any atom is -0.352 e. The molecule has 3 fully saturated rings. The predicted octanol–water partition coefficient (Wildman–Crippen LogP) is 6.80. The summed E-state index contributed by atoms with van der Waals surface area (Å²) in [6, 6.07) is 2.24. The molecule has 1 aliphatic heterocycles. The standard InChI is InChI=1S/C25H35F3O2/c26-22-13-19(14-23(27)24(22)28)7-5-18-9-11-21(12-10-18)25-29-15-20(16-30-25)8-6-17-3-1-2-4-17/h13-14,17-18,20-21,25H,1-12,15-16H2. The lowest BCUT2D eigenvalue weighted by Crippen LogP contribution is -2.38. The quantitative estimate of drug-likeness (QED) is 0.448. The van der Waals surface area contributed by atoms with Crippen LogP contribution < -0.4 is 0 Å². The Kier molecular flexibility index (Phi) is 7.74. The largest absolute Gasteiger partial charge is 0.352 e. The van der Waals surface area contributed by atoms with Crippen LogP contribution in [0.3, 0.4) is 0 Å². The van der Waals surface area contributed by atoms with Crippen LogP contribution in [-0.2, 0) is 15.9 Å². The van der Waals surface area contributed by atoms with Gasteiger partial charge in [-0.3, -0.25) is 0 Å². The van der Waals surface area contributed by atoms with Crippen molar-refractivity contribution in [1.82, 2.24) is 0 Å². The summed E-state index contributed by atoms with van der Waals surface area (Å²) in [6.07, 6.45) is 13.9. The average molecular weight is 425 g/mol. The van der Waals surface area contributed by atoms with Crippen molar-refractivity contribution in [2.75, 3.05) is 13.2 Å². The van der Waals surface area contributed by atoms with E-state index >= 15 is 0 Å². The SMILES string of the molecule is Fc1cc(CCC2CCC(C3OCC(CCC4CCCC4)CO3)CC2)cc(F)c1F. The second-order valence-electron chi connectivity index (χ2n) is 9.82. The lowest BCUT2D eigenvalue weighted by atomic mass is 9.79. The van der Waals surface area contributed by atoms with Gasteiger partial charge in [0.2, 0.25) is 0 Å². The Morgan fingerprint density at radius 1 is 0.700 bits per heavy atom. The fourth-order valence-electron chi connectivity index (χ4n) is 5.64. The number of hydrogen-bond donors (Lipinski definition) is 0. The van der Waals surface area contributed by atoms with E-state index in [2.05, 4.69) is 0 Å². The molecule has 4 rings (SSSR count). The molecule has 1 aromatic rings. The maximum Gasteiger partial charge on any atom is 0.194 e. The van der Waals surface area contributed by atoms with Crippen molar-refractivity contribution in [3.63, 3.8) is 0 Å². The lowest BCUT2D eigenvalue weighted by Gasteiger charge is -2.38. The fraction of sp³-hybridized carbons (Fsp3) is 0.760. The van der Waals surface area contributed by atoms with Gasteiger partial charge in [0, 0.05) is 11.8 Å². The van der Waals surface area contributed by atoms with E-state index in [4.69, 9.17) is 9.47 Å². The molecule has 0 unspecified atom stereocenters. The number of halogens is 3. The first-order valence-corrected chi connectivity index (χ1v) is 11.9. The van der Waals surface area contributed by atoms with Crippen molar-refractivity contribution in [2.24, 2.45) is 23.7 Å². The number of hydrogen-bond acceptors (Lipinski definition) is 2. The molecule has 2 nitrogen and oxygen atoms in total. The monoisotopic (exact) mass is 424 g/mol. The Morgan fingerprint density at radius 3 is 1.90 bits per heavy atom. The van der Waals surface area contributed by atoms with Crippen LogP contribution in [0.25, 0.3) is 0 Å². The number of benzene rings is 1. The Labute approximate surface area is 178 Å². The second-order valence-corrected chi connectivity index (χ2v) is 9.82. The first-order chi connectivity index (χ1) is 14.6. The van der Waals surface area contributed by atoms with Crippen molar-refractivity contribution in [3.8, 4) is 0 Å². The van der Waals surface area contributed by atoms with Gasteiger partial charge in [0.1, 0.15) is 0 Å². The Hall–Kier alpha value is -1.07. The van der Waals surface area contributed by atoms with Gasteiger partial charge < -0.3 is 9.47 Å². The van der Waals surface area contributed by atoms with Gasteiger partial charge in [0.05, 0.1) is 13.2 Å². The lowest BCUT2D eigenvalue weighted by molar-refractivity contribution is -0.230. The van der Waals surface area contributed by atoms with Crippen LogP contribution in [-0.4, -0.2) is 19.5 Å². The third-order valence-electron chi connectivity index (χ3n) is 7.61. The van der Waals surface area contributed by atoms with Crippen LogP contribution in [0.2, 0.25) is 0 Å². The van der Waals surface area contributed by atoms with E-state index in [-0.39, 0.29) is 6.29 Å². The summed E-state index contributed by atoms with van der Waals surface area (Å²) in [5, 5.41) is 0. The Balaban J connectivity index is 1.14. The summed E-state index contributed by atoms with van der Waals surface area (Å²) in [7, 11) is 0. The van der Waals surface area contributed by atoms with Crippen molar-refractivity contribution < 1.29 is 22.6 Å². The number of rotatable bonds is 7. The molecule has 1 aromatic carbocycles. The minimum absolute atomic E-state index is 0.0611. The molecule has 0 bridgehead atoms. The van der Waals surface area contributed by atoms with Gasteiger partial charge in [0.25, 0.3) is 0 Å². The summed E-state index contributed by atoms with van der Waals surface area (Å²) in [4.78, 5) is 0.